The molecule has 1 aromatic heterocycles. The smallest absolute Gasteiger partial charge is 0.142 e. The highest BCUT2D eigenvalue weighted by atomic mass is 19.1. The predicted octanol–water partition coefficient (Wildman–Crippen LogP) is 0.113. The van der Waals surface area contributed by atoms with Crippen LogP contribution in [0.5, 0.6) is 0 Å². The Kier molecular flexibility index (Phi) is 2.62. The molecule has 4 heteroatoms. The lowest BCUT2D eigenvalue weighted by atomic mass is 10.2. The molecule has 0 aliphatic carbocycles. The highest BCUT2D eigenvalue weighted by Gasteiger charge is 1.97. The van der Waals surface area contributed by atoms with Crippen LogP contribution in [0.1, 0.15) is 5.56 Å². The molecule has 12 heavy (non-hydrogen) atoms. The summed E-state index contributed by atoms with van der Waals surface area (Å²) in [5.74, 6) is 4.94. The second-order valence-electron chi connectivity index (χ2n) is 2.09. The third kappa shape index (κ3) is 1.94. The second-order valence-corrected chi connectivity index (χ2v) is 2.09. The average molecular weight is 165 g/mol. The Morgan fingerprint density at radius 3 is 3.00 bits per heavy atom. The second kappa shape index (κ2) is 3.69. The number of hydrogen-bond acceptors (Lipinski definition) is 3. The first-order valence-electron chi connectivity index (χ1n) is 3.34. The van der Waals surface area contributed by atoms with Gasteiger partial charge in [0.25, 0.3) is 0 Å². The van der Waals surface area contributed by atoms with Crippen LogP contribution in [-0.2, 0) is 0 Å². The van der Waals surface area contributed by atoms with Crippen molar-refractivity contribution in [3.8, 4) is 11.8 Å². The number of nitrogens with two attached hydrogens (primary N) is 2. The molecule has 0 fully saturated rings. The molecular weight excluding hydrogens is 157 g/mol. The van der Waals surface area contributed by atoms with E-state index in [-0.39, 0.29) is 12.4 Å². The van der Waals surface area contributed by atoms with Crippen LogP contribution in [0.4, 0.5) is 10.2 Å². The molecule has 3 nitrogen and oxygen atoms in total. The topological polar surface area (TPSA) is 64.9 Å². The van der Waals surface area contributed by atoms with E-state index in [1.165, 1.54) is 6.07 Å². The largest absolute Gasteiger partial charge is 0.383 e. The van der Waals surface area contributed by atoms with Gasteiger partial charge in [0, 0.05) is 0 Å². The Morgan fingerprint density at radius 2 is 2.33 bits per heavy atom. The van der Waals surface area contributed by atoms with E-state index in [0.717, 1.165) is 6.20 Å². The van der Waals surface area contributed by atoms with Gasteiger partial charge in [-0.3, -0.25) is 0 Å². The van der Waals surface area contributed by atoms with Crippen LogP contribution >= 0.6 is 0 Å². The van der Waals surface area contributed by atoms with Gasteiger partial charge in [0.15, 0.2) is 0 Å². The van der Waals surface area contributed by atoms with E-state index in [1.54, 1.807) is 0 Å². The molecule has 4 N–H and O–H groups in total. The van der Waals surface area contributed by atoms with E-state index < -0.39 is 5.82 Å². The Labute approximate surface area is 69.6 Å². The summed E-state index contributed by atoms with van der Waals surface area (Å²) in [6.07, 6.45) is 1.04. The molecule has 0 radical (unpaired) electrons. The minimum Gasteiger partial charge on any atom is -0.383 e. The van der Waals surface area contributed by atoms with E-state index in [0.29, 0.717) is 5.56 Å². The van der Waals surface area contributed by atoms with Gasteiger partial charge in [-0.15, -0.1) is 0 Å². The van der Waals surface area contributed by atoms with Gasteiger partial charge in [-0.1, -0.05) is 11.8 Å². The summed E-state index contributed by atoms with van der Waals surface area (Å²) in [4.78, 5) is 3.59. The lowest BCUT2D eigenvalue weighted by Gasteiger charge is -1.95. The number of hydrogen-bond donors (Lipinski definition) is 2. The molecule has 0 amide bonds. The van der Waals surface area contributed by atoms with Crippen LogP contribution in [0, 0.1) is 17.7 Å². The lowest BCUT2D eigenvalue weighted by Crippen LogP contribution is -1.97. The van der Waals surface area contributed by atoms with Crippen LogP contribution in [-0.4, -0.2) is 11.5 Å². The summed E-state index contributed by atoms with van der Waals surface area (Å²) in [6, 6.07) is 1.23. The van der Waals surface area contributed by atoms with Crippen molar-refractivity contribution in [2.45, 2.75) is 0 Å². The van der Waals surface area contributed by atoms with Gasteiger partial charge in [0.1, 0.15) is 11.6 Å². The molecule has 0 bridgehead atoms. The summed E-state index contributed by atoms with van der Waals surface area (Å²) >= 11 is 0. The average Bonchev–Trinajstić information content (AvgIpc) is 2.07. The fourth-order valence-electron chi connectivity index (χ4n) is 0.696. The van der Waals surface area contributed by atoms with Crippen LogP contribution < -0.4 is 11.5 Å². The van der Waals surface area contributed by atoms with Crippen molar-refractivity contribution in [3.05, 3.63) is 23.6 Å². The third-order valence-corrected chi connectivity index (χ3v) is 1.21. The van der Waals surface area contributed by atoms with Gasteiger partial charge in [-0.25, -0.2) is 9.37 Å². The number of aromatic nitrogens is 1. The highest BCUT2D eigenvalue weighted by Crippen LogP contribution is 2.07. The molecule has 0 spiro atoms. The Balaban J connectivity index is 3.05. The summed E-state index contributed by atoms with van der Waals surface area (Å²) in [6.45, 7) is 0.218. The molecule has 0 unspecified atom stereocenters. The number of rotatable bonds is 0. The first-order chi connectivity index (χ1) is 5.74. The molecule has 0 saturated heterocycles. The number of nitrogen functional groups attached to an aromatic ring is 1. The SMILES string of the molecule is NCC#Cc1cc(F)cnc1N. The summed E-state index contributed by atoms with van der Waals surface area (Å²) in [5, 5.41) is 0. The molecule has 1 rings (SSSR count). The van der Waals surface area contributed by atoms with E-state index in [4.69, 9.17) is 11.5 Å². The van der Waals surface area contributed by atoms with E-state index >= 15 is 0 Å². The van der Waals surface area contributed by atoms with Crippen molar-refractivity contribution in [2.24, 2.45) is 5.73 Å². The van der Waals surface area contributed by atoms with Crippen LogP contribution in [0.3, 0.4) is 0 Å². The molecular formula is C8H8FN3. The molecule has 0 saturated carbocycles. The maximum atomic E-state index is 12.6. The van der Waals surface area contributed by atoms with Gasteiger partial charge < -0.3 is 11.5 Å². The normalized spacial score (nSPS) is 8.83. The maximum absolute atomic E-state index is 12.6. The Bertz CT molecular complexity index is 338. The first kappa shape index (κ1) is 8.50. The summed E-state index contributed by atoms with van der Waals surface area (Å²) in [5.41, 5.74) is 10.9. The monoisotopic (exact) mass is 165 g/mol. The summed E-state index contributed by atoms with van der Waals surface area (Å²) in [7, 11) is 0. The number of pyridine rings is 1. The fraction of sp³-hybridized carbons (Fsp3) is 0.125. The standard InChI is InChI=1S/C8H8FN3/c9-7-4-6(2-1-3-10)8(11)12-5-7/h4-5H,3,10H2,(H2,11,12). The van der Waals surface area contributed by atoms with Gasteiger partial charge in [0.05, 0.1) is 18.3 Å². The minimum absolute atomic E-state index is 0.218. The van der Waals surface area contributed by atoms with Crippen molar-refractivity contribution in [2.75, 3.05) is 12.3 Å². The molecule has 0 aromatic carbocycles. The van der Waals surface area contributed by atoms with Crippen LogP contribution in [0.15, 0.2) is 12.3 Å². The fourth-order valence-corrected chi connectivity index (χ4v) is 0.696. The first-order valence-corrected chi connectivity index (χ1v) is 3.34. The van der Waals surface area contributed by atoms with Gasteiger partial charge in [0.2, 0.25) is 0 Å². The molecule has 0 atom stereocenters. The van der Waals surface area contributed by atoms with Crippen molar-refractivity contribution in [1.29, 1.82) is 0 Å². The predicted molar refractivity (Wildman–Crippen MR) is 44.5 cm³/mol. The lowest BCUT2D eigenvalue weighted by molar-refractivity contribution is 0.621. The van der Waals surface area contributed by atoms with Gasteiger partial charge >= 0.3 is 0 Å². The maximum Gasteiger partial charge on any atom is 0.142 e. The zero-order valence-corrected chi connectivity index (χ0v) is 6.34. The zero-order valence-electron chi connectivity index (χ0n) is 6.34. The van der Waals surface area contributed by atoms with Gasteiger partial charge in [-0.05, 0) is 6.07 Å². The molecule has 62 valence electrons. The number of anilines is 1. The van der Waals surface area contributed by atoms with E-state index in [9.17, 15) is 4.39 Å². The molecule has 1 aromatic rings. The zero-order chi connectivity index (χ0) is 8.97. The van der Waals surface area contributed by atoms with Crippen LogP contribution in [0.25, 0.3) is 0 Å². The van der Waals surface area contributed by atoms with E-state index in [1.807, 2.05) is 0 Å². The van der Waals surface area contributed by atoms with Gasteiger partial charge in [-0.2, -0.15) is 0 Å². The van der Waals surface area contributed by atoms with Crippen molar-refractivity contribution < 1.29 is 4.39 Å². The number of halogens is 1. The van der Waals surface area contributed by atoms with E-state index in [2.05, 4.69) is 16.8 Å². The van der Waals surface area contributed by atoms with Crippen molar-refractivity contribution >= 4 is 5.82 Å². The Morgan fingerprint density at radius 1 is 1.58 bits per heavy atom. The summed E-state index contributed by atoms with van der Waals surface area (Å²) < 4.78 is 12.6. The van der Waals surface area contributed by atoms with Crippen molar-refractivity contribution in [3.63, 3.8) is 0 Å². The molecule has 0 aliphatic rings. The minimum atomic E-state index is -0.453. The number of nitrogens with zero attached hydrogens (tertiary/aromatic N) is 1. The quantitative estimate of drug-likeness (QED) is 0.536. The Hall–Kier alpha value is -1.60. The highest BCUT2D eigenvalue weighted by molar-refractivity contribution is 5.50. The molecule has 1 heterocycles. The molecule has 0 aliphatic heterocycles. The van der Waals surface area contributed by atoms with Crippen LogP contribution in [0.2, 0.25) is 0 Å². The third-order valence-electron chi connectivity index (χ3n) is 1.21. The van der Waals surface area contributed by atoms with Crippen molar-refractivity contribution in [1.82, 2.24) is 4.98 Å².